The smallest absolute Gasteiger partial charge is 0.379 e. The molecule has 0 radical (unpaired) electrons. The van der Waals surface area contributed by atoms with Crippen LogP contribution in [0.15, 0.2) is 64.3 Å². The van der Waals surface area contributed by atoms with Crippen molar-refractivity contribution in [1.29, 1.82) is 0 Å². The van der Waals surface area contributed by atoms with Crippen molar-refractivity contribution in [2.45, 2.75) is 6.92 Å². The number of benzene rings is 2. The Kier molecular flexibility index (Phi) is 7.29. The quantitative estimate of drug-likeness (QED) is 0.245. The molecule has 31 heavy (non-hydrogen) atoms. The minimum absolute atomic E-state index is 0.0754. The molecule has 0 aliphatic rings. The molecule has 0 bridgehead atoms. The molecule has 0 unspecified atom stereocenters. The first-order valence-corrected chi connectivity index (χ1v) is 9.48. The molecule has 3 aromatic rings. The van der Waals surface area contributed by atoms with Gasteiger partial charge in [-0.15, -0.1) is 0 Å². The van der Waals surface area contributed by atoms with Gasteiger partial charge in [0, 0.05) is 5.02 Å². The van der Waals surface area contributed by atoms with E-state index in [4.69, 9.17) is 30.2 Å². The molecule has 3 rings (SSSR count). The molecule has 160 valence electrons. The highest BCUT2D eigenvalue weighted by molar-refractivity contribution is 6.31. The van der Waals surface area contributed by atoms with Gasteiger partial charge in [0.1, 0.15) is 5.75 Å². The van der Waals surface area contributed by atoms with Crippen LogP contribution in [0.2, 0.25) is 5.02 Å². The Morgan fingerprint density at radius 3 is 2.71 bits per heavy atom. The number of furan rings is 1. The van der Waals surface area contributed by atoms with Crippen LogP contribution >= 0.6 is 11.6 Å². The van der Waals surface area contributed by atoms with Gasteiger partial charge in [-0.25, -0.2) is 10.2 Å². The maximum Gasteiger partial charge on any atom is 0.379 e. The van der Waals surface area contributed by atoms with Gasteiger partial charge in [0.15, 0.2) is 18.1 Å². The first kappa shape index (κ1) is 21.9. The molecule has 1 heterocycles. The average molecular weight is 443 g/mol. The summed E-state index contributed by atoms with van der Waals surface area (Å²) in [6, 6.07) is 13.0. The molecule has 0 atom stereocenters. The van der Waals surface area contributed by atoms with E-state index in [0.717, 1.165) is 5.56 Å². The number of methoxy groups -OCH3 is 1. The van der Waals surface area contributed by atoms with Gasteiger partial charge in [-0.3, -0.25) is 4.79 Å². The van der Waals surface area contributed by atoms with Crippen molar-refractivity contribution in [3.05, 3.63) is 76.7 Å². The van der Waals surface area contributed by atoms with Gasteiger partial charge >= 0.3 is 5.97 Å². The predicted molar refractivity (Wildman–Crippen MR) is 114 cm³/mol. The number of esters is 1. The highest BCUT2D eigenvalue weighted by Crippen LogP contribution is 2.28. The zero-order valence-electron chi connectivity index (χ0n) is 16.8. The van der Waals surface area contributed by atoms with E-state index in [1.54, 1.807) is 42.5 Å². The molecule has 8 nitrogen and oxygen atoms in total. The van der Waals surface area contributed by atoms with Crippen molar-refractivity contribution in [3.8, 4) is 17.2 Å². The third kappa shape index (κ3) is 6.10. The second-order valence-electron chi connectivity index (χ2n) is 6.27. The fourth-order valence-corrected chi connectivity index (χ4v) is 2.58. The topological polar surface area (TPSA) is 99.4 Å². The number of hydrogen-bond donors (Lipinski definition) is 1. The zero-order valence-corrected chi connectivity index (χ0v) is 17.5. The van der Waals surface area contributed by atoms with Crippen LogP contribution in [-0.2, 0) is 4.79 Å². The lowest BCUT2D eigenvalue weighted by Gasteiger charge is -2.09. The first-order valence-electron chi connectivity index (χ1n) is 9.11. The van der Waals surface area contributed by atoms with E-state index in [9.17, 15) is 9.59 Å². The first-order chi connectivity index (χ1) is 15.0. The van der Waals surface area contributed by atoms with E-state index >= 15 is 0 Å². The van der Waals surface area contributed by atoms with Gasteiger partial charge in [-0.2, -0.15) is 5.10 Å². The average Bonchev–Trinajstić information content (AvgIpc) is 3.30. The molecular formula is C22H19ClN2O6. The van der Waals surface area contributed by atoms with Gasteiger partial charge in [0.05, 0.1) is 19.6 Å². The standard InChI is InChI=1S/C22H19ClN2O6/c1-14-10-16(6-7-17(14)23)30-13-21(26)25-24-12-15-5-8-18(20(11-15)28-2)31-22(27)19-4-3-9-29-19/h3-12H,13H2,1-2H3,(H,25,26). The van der Waals surface area contributed by atoms with Crippen molar-refractivity contribution >= 4 is 29.7 Å². The van der Waals surface area contributed by atoms with Crippen molar-refractivity contribution < 1.29 is 28.2 Å². The maximum atomic E-state index is 12.0. The Bertz CT molecular complexity index is 1100. The fraction of sp³-hybridized carbons (Fsp3) is 0.136. The summed E-state index contributed by atoms with van der Waals surface area (Å²) in [7, 11) is 1.44. The number of carbonyl (C=O) groups excluding carboxylic acids is 2. The summed E-state index contributed by atoms with van der Waals surface area (Å²) in [6.45, 7) is 1.64. The van der Waals surface area contributed by atoms with Gasteiger partial charge in [-0.05, 0) is 66.6 Å². The number of ether oxygens (including phenoxy) is 3. The number of nitrogens with zero attached hydrogens (tertiary/aromatic N) is 1. The zero-order chi connectivity index (χ0) is 22.2. The van der Waals surface area contributed by atoms with E-state index in [0.29, 0.717) is 22.1 Å². The summed E-state index contributed by atoms with van der Waals surface area (Å²) in [5.74, 6) is 0.0675. The van der Waals surface area contributed by atoms with Crippen LogP contribution in [0, 0.1) is 6.92 Å². The maximum absolute atomic E-state index is 12.0. The summed E-state index contributed by atoms with van der Waals surface area (Å²) in [5.41, 5.74) is 3.84. The number of amides is 1. The largest absolute Gasteiger partial charge is 0.493 e. The molecule has 0 aliphatic heterocycles. The van der Waals surface area contributed by atoms with Crippen LogP contribution in [0.4, 0.5) is 0 Å². The third-order valence-corrected chi connectivity index (χ3v) is 4.44. The molecule has 0 aliphatic carbocycles. The van der Waals surface area contributed by atoms with E-state index in [-0.39, 0.29) is 18.1 Å². The number of hydrazone groups is 1. The number of rotatable bonds is 8. The molecular weight excluding hydrogens is 424 g/mol. The lowest BCUT2D eigenvalue weighted by Crippen LogP contribution is -2.24. The number of hydrogen-bond acceptors (Lipinski definition) is 7. The van der Waals surface area contributed by atoms with Crippen LogP contribution in [0.3, 0.4) is 0 Å². The predicted octanol–water partition coefficient (Wildman–Crippen LogP) is 4.00. The Labute approximate surface area is 183 Å². The fourth-order valence-electron chi connectivity index (χ4n) is 2.46. The van der Waals surface area contributed by atoms with Gasteiger partial charge < -0.3 is 18.6 Å². The molecule has 1 aromatic heterocycles. The van der Waals surface area contributed by atoms with Gasteiger partial charge in [0.2, 0.25) is 5.76 Å². The summed E-state index contributed by atoms with van der Waals surface area (Å²) < 4.78 is 20.9. The number of aryl methyl sites for hydroxylation is 1. The Morgan fingerprint density at radius 2 is 2.00 bits per heavy atom. The van der Waals surface area contributed by atoms with Crippen LogP contribution < -0.4 is 19.6 Å². The Hall–Kier alpha value is -3.78. The van der Waals surface area contributed by atoms with E-state index in [1.165, 1.54) is 25.7 Å². The SMILES string of the molecule is COc1cc(C=NNC(=O)COc2ccc(Cl)c(C)c2)ccc1OC(=O)c1ccco1. The molecule has 1 amide bonds. The van der Waals surface area contributed by atoms with Crippen molar-refractivity contribution in [3.63, 3.8) is 0 Å². The Morgan fingerprint density at radius 1 is 1.16 bits per heavy atom. The minimum atomic E-state index is -0.645. The molecule has 0 saturated heterocycles. The minimum Gasteiger partial charge on any atom is -0.493 e. The molecule has 0 saturated carbocycles. The molecule has 0 fully saturated rings. The molecule has 1 N–H and O–H groups in total. The second-order valence-corrected chi connectivity index (χ2v) is 6.68. The monoisotopic (exact) mass is 442 g/mol. The summed E-state index contributed by atoms with van der Waals surface area (Å²) in [6.07, 6.45) is 2.80. The molecule has 0 spiro atoms. The van der Waals surface area contributed by atoms with E-state index < -0.39 is 11.9 Å². The summed E-state index contributed by atoms with van der Waals surface area (Å²) in [5, 5.41) is 4.51. The normalized spacial score (nSPS) is 10.7. The molecule has 2 aromatic carbocycles. The number of carbonyl (C=O) groups is 2. The van der Waals surface area contributed by atoms with Crippen LogP contribution in [0.1, 0.15) is 21.7 Å². The van der Waals surface area contributed by atoms with Crippen molar-refractivity contribution in [2.75, 3.05) is 13.7 Å². The van der Waals surface area contributed by atoms with E-state index in [2.05, 4.69) is 10.5 Å². The number of nitrogens with one attached hydrogen (secondary N) is 1. The van der Waals surface area contributed by atoms with Gasteiger partial charge in [0.25, 0.3) is 5.91 Å². The van der Waals surface area contributed by atoms with Crippen LogP contribution in [-0.4, -0.2) is 31.8 Å². The summed E-state index contributed by atoms with van der Waals surface area (Å²) >= 11 is 5.96. The summed E-state index contributed by atoms with van der Waals surface area (Å²) in [4.78, 5) is 23.9. The van der Waals surface area contributed by atoms with Crippen molar-refractivity contribution in [1.82, 2.24) is 5.43 Å². The molecule has 9 heteroatoms. The number of halogens is 1. The second kappa shape index (κ2) is 10.3. The van der Waals surface area contributed by atoms with Crippen molar-refractivity contribution in [2.24, 2.45) is 5.10 Å². The highest BCUT2D eigenvalue weighted by Gasteiger charge is 2.15. The Balaban J connectivity index is 1.54. The van der Waals surface area contributed by atoms with E-state index in [1.807, 2.05) is 6.92 Å². The van der Waals surface area contributed by atoms with Crippen LogP contribution in [0.5, 0.6) is 17.2 Å². The third-order valence-electron chi connectivity index (χ3n) is 4.01. The highest BCUT2D eigenvalue weighted by atomic mass is 35.5. The lowest BCUT2D eigenvalue weighted by atomic mass is 10.2. The lowest BCUT2D eigenvalue weighted by molar-refractivity contribution is -0.123. The van der Waals surface area contributed by atoms with Crippen LogP contribution in [0.25, 0.3) is 0 Å². The van der Waals surface area contributed by atoms with Gasteiger partial charge in [-0.1, -0.05) is 11.6 Å².